The van der Waals surface area contributed by atoms with Crippen LogP contribution in [0.2, 0.25) is 5.02 Å². The van der Waals surface area contributed by atoms with Crippen molar-refractivity contribution in [3.8, 4) is 0 Å². The van der Waals surface area contributed by atoms with Crippen molar-refractivity contribution in [3.05, 3.63) is 97.9 Å². The van der Waals surface area contributed by atoms with Gasteiger partial charge in [0.15, 0.2) is 0 Å². The average molecular weight is 497 g/mol. The standard InChI is InChI=1S/C25H25ClN4O3S/c1-29(15-22(31)21-8-3-4-9-27-21)13-18-11-19-23(32)20(14-30(2)25(19)34-18)24(33)28-12-16-6-5-7-17(26)10-16/h3-11,14,22,31H,12-13,15H2,1-2H3,(H,28,33)/t22-/m1/s1. The number of nitrogens with one attached hydrogen (secondary N) is 1. The number of likely N-dealkylation sites (N-methyl/N-ethyl adjacent to an activating group) is 1. The van der Waals surface area contributed by atoms with E-state index < -0.39 is 12.0 Å². The Bertz CT molecular complexity index is 1370. The first-order chi connectivity index (χ1) is 16.3. The summed E-state index contributed by atoms with van der Waals surface area (Å²) in [5.74, 6) is -0.425. The lowest BCUT2D eigenvalue weighted by Crippen LogP contribution is -2.29. The quantitative estimate of drug-likeness (QED) is 0.388. The Morgan fingerprint density at radius 1 is 1.26 bits per heavy atom. The minimum Gasteiger partial charge on any atom is -0.385 e. The third-order valence-electron chi connectivity index (χ3n) is 5.42. The molecular weight excluding hydrogens is 472 g/mol. The van der Waals surface area contributed by atoms with Gasteiger partial charge >= 0.3 is 0 Å². The molecule has 1 atom stereocenters. The number of carbonyl (C=O) groups excluding carboxylic acids is 1. The number of hydrogen-bond acceptors (Lipinski definition) is 6. The number of carbonyl (C=O) groups is 1. The van der Waals surface area contributed by atoms with Crippen molar-refractivity contribution in [3.63, 3.8) is 0 Å². The van der Waals surface area contributed by atoms with Crippen molar-refractivity contribution in [1.29, 1.82) is 0 Å². The van der Waals surface area contributed by atoms with Gasteiger partial charge in [0.25, 0.3) is 5.91 Å². The molecule has 0 saturated carbocycles. The van der Waals surface area contributed by atoms with E-state index in [4.69, 9.17) is 11.6 Å². The van der Waals surface area contributed by atoms with E-state index in [1.54, 1.807) is 30.6 Å². The largest absolute Gasteiger partial charge is 0.385 e. The first-order valence-electron chi connectivity index (χ1n) is 10.7. The molecule has 0 saturated heterocycles. The Morgan fingerprint density at radius 2 is 2.09 bits per heavy atom. The molecule has 3 aromatic heterocycles. The van der Waals surface area contributed by atoms with Crippen LogP contribution in [0.4, 0.5) is 0 Å². The minimum absolute atomic E-state index is 0.0975. The molecule has 2 N–H and O–H groups in total. The predicted octanol–water partition coefficient (Wildman–Crippen LogP) is 3.74. The van der Waals surface area contributed by atoms with Crippen LogP contribution in [-0.2, 0) is 20.1 Å². The van der Waals surface area contributed by atoms with Gasteiger partial charge in [0.05, 0.1) is 11.1 Å². The highest BCUT2D eigenvalue weighted by Gasteiger charge is 2.18. The molecular formula is C25H25ClN4O3S. The van der Waals surface area contributed by atoms with Gasteiger partial charge in [-0.05, 0) is 42.9 Å². The number of benzene rings is 1. The minimum atomic E-state index is -0.707. The van der Waals surface area contributed by atoms with Gasteiger partial charge in [0.2, 0.25) is 5.43 Å². The van der Waals surface area contributed by atoms with Gasteiger partial charge in [-0.1, -0.05) is 29.8 Å². The fourth-order valence-corrected chi connectivity index (χ4v) is 5.15. The van der Waals surface area contributed by atoms with Crippen LogP contribution in [0.3, 0.4) is 0 Å². The molecule has 1 amide bonds. The predicted molar refractivity (Wildman–Crippen MR) is 135 cm³/mol. The molecule has 0 fully saturated rings. The van der Waals surface area contributed by atoms with Crippen LogP contribution < -0.4 is 10.7 Å². The molecule has 0 bridgehead atoms. The molecule has 0 aliphatic carbocycles. The molecule has 9 heteroatoms. The number of hydrogen-bond donors (Lipinski definition) is 2. The summed E-state index contributed by atoms with van der Waals surface area (Å²) in [5, 5.41) is 14.3. The van der Waals surface area contributed by atoms with Gasteiger partial charge < -0.3 is 15.0 Å². The van der Waals surface area contributed by atoms with Crippen molar-refractivity contribution in [2.45, 2.75) is 19.2 Å². The van der Waals surface area contributed by atoms with Crippen LogP contribution in [0.1, 0.15) is 32.6 Å². The molecule has 0 radical (unpaired) electrons. The number of pyridine rings is 2. The number of aliphatic hydroxyl groups excluding tert-OH is 1. The summed E-state index contributed by atoms with van der Waals surface area (Å²) in [5.41, 5.74) is 1.27. The van der Waals surface area contributed by atoms with E-state index in [1.165, 1.54) is 11.3 Å². The number of halogens is 1. The van der Waals surface area contributed by atoms with E-state index in [0.29, 0.717) is 29.2 Å². The number of fused-ring (bicyclic) bond motifs is 1. The lowest BCUT2D eigenvalue weighted by atomic mass is 10.2. The Hall–Kier alpha value is -3.04. The summed E-state index contributed by atoms with van der Waals surface area (Å²) < 4.78 is 1.81. The molecule has 0 spiro atoms. The van der Waals surface area contributed by atoms with Gasteiger partial charge in [0, 0.05) is 49.0 Å². The Balaban J connectivity index is 1.49. The third-order valence-corrected chi connectivity index (χ3v) is 6.87. The van der Waals surface area contributed by atoms with Crippen molar-refractivity contribution in [2.75, 3.05) is 13.6 Å². The third kappa shape index (κ3) is 5.53. The van der Waals surface area contributed by atoms with Crippen LogP contribution in [0.25, 0.3) is 10.2 Å². The molecule has 4 aromatic rings. The molecule has 4 rings (SSSR count). The van der Waals surface area contributed by atoms with Crippen LogP contribution in [0.15, 0.2) is 65.7 Å². The second-order valence-electron chi connectivity index (χ2n) is 8.19. The molecule has 3 heterocycles. The van der Waals surface area contributed by atoms with Gasteiger partial charge in [-0.2, -0.15) is 0 Å². The highest BCUT2D eigenvalue weighted by atomic mass is 35.5. The highest BCUT2D eigenvalue weighted by Crippen LogP contribution is 2.25. The number of aromatic nitrogens is 2. The van der Waals surface area contributed by atoms with Crippen molar-refractivity contribution in [2.24, 2.45) is 7.05 Å². The molecule has 0 unspecified atom stereocenters. The van der Waals surface area contributed by atoms with E-state index in [-0.39, 0.29) is 17.5 Å². The monoisotopic (exact) mass is 496 g/mol. The Labute approximate surface area is 206 Å². The van der Waals surface area contributed by atoms with E-state index >= 15 is 0 Å². The summed E-state index contributed by atoms with van der Waals surface area (Å²) in [6.07, 6.45) is 2.53. The fraction of sp³-hybridized carbons (Fsp3) is 0.240. The average Bonchev–Trinajstić information content (AvgIpc) is 3.25. The van der Waals surface area contributed by atoms with Crippen molar-refractivity contribution < 1.29 is 9.90 Å². The Morgan fingerprint density at radius 3 is 2.82 bits per heavy atom. The maximum absolute atomic E-state index is 13.1. The van der Waals surface area contributed by atoms with E-state index in [9.17, 15) is 14.7 Å². The molecule has 0 aliphatic heterocycles. The van der Waals surface area contributed by atoms with E-state index in [2.05, 4.69) is 10.3 Å². The molecule has 34 heavy (non-hydrogen) atoms. The fourth-order valence-electron chi connectivity index (χ4n) is 3.77. The van der Waals surface area contributed by atoms with Crippen LogP contribution in [-0.4, -0.2) is 39.1 Å². The second kappa shape index (κ2) is 10.5. The van der Waals surface area contributed by atoms with Crippen LogP contribution in [0, 0.1) is 0 Å². The number of thiophene rings is 1. The van der Waals surface area contributed by atoms with Gasteiger partial charge in [-0.15, -0.1) is 11.3 Å². The van der Waals surface area contributed by atoms with Crippen molar-refractivity contribution in [1.82, 2.24) is 19.8 Å². The number of amides is 1. The highest BCUT2D eigenvalue weighted by molar-refractivity contribution is 7.18. The number of aliphatic hydroxyl groups is 1. The molecule has 0 aliphatic rings. The molecule has 1 aromatic carbocycles. The van der Waals surface area contributed by atoms with Crippen molar-refractivity contribution >= 4 is 39.1 Å². The normalized spacial score (nSPS) is 12.3. The van der Waals surface area contributed by atoms with E-state index in [0.717, 1.165) is 15.3 Å². The van der Waals surface area contributed by atoms with Crippen LogP contribution >= 0.6 is 22.9 Å². The lowest BCUT2D eigenvalue weighted by molar-refractivity contribution is 0.0949. The Kier molecular flexibility index (Phi) is 7.43. The number of rotatable bonds is 8. The van der Waals surface area contributed by atoms with Crippen LogP contribution in [0.5, 0.6) is 0 Å². The zero-order valence-corrected chi connectivity index (χ0v) is 20.4. The zero-order valence-electron chi connectivity index (χ0n) is 18.9. The summed E-state index contributed by atoms with van der Waals surface area (Å²) in [7, 11) is 3.73. The summed E-state index contributed by atoms with van der Waals surface area (Å²) in [6, 6.07) is 14.5. The van der Waals surface area contributed by atoms with E-state index in [1.807, 2.05) is 53.9 Å². The number of aryl methyl sites for hydroxylation is 1. The lowest BCUT2D eigenvalue weighted by Gasteiger charge is -2.19. The topological polar surface area (TPSA) is 87.5 Å². The summed E-state index contributed by atoms with van der Waals surface area (Å²) in [4.78, 5) is 33.8. The number of nitrogens with zero attached hydrogens (tertiary/aromatic N) is 3. The summed E-state index contributed by atoms with van der Waals surface area (Å²) >= 11 is 7.50. The maximum atomic E-state index is 13.1. The van der Waals surface area contributed by atoms with Gasteiger partial charge in [-0.3, -0.25) is 19.5 Å². The zero-order chi connectivity index (χ0) is 24.2. The maximum Gasteiger partial charge on any atom is 0.257 e. The van der Waals surface area contributed by atoms with Gasteiger partial charge in [0.1, 0.15) is 16.5 Å². The molecule has 176 valence electrons. The first-order valence-corrected chi connectivity index (χ1v) is 11.9. The van der Waals surface area contributed by atoms with Gasteiger partial charge in [-0.25, -0.2) is 0 Å². The first kappa shape index (κ1) is 24.1. The molecule has 7 nitrogen and oxygen atoms in total. The smallest absolute Gasteiger partial charge is 0.257 e. The summed E-state index contributed by atoms with van der Waals surface area (Å²) in [6.45, 7) is 1.23. The second-order valence-corrected chi connectivity index (χ2v) is 9.75. The SMILES string of the molecule is CN(Cc1cc2c(=O)c(C(=O)NCc3cccc(Cl)c3)cn(C)c2s1)C[C@@H](O)c1ccccn1.